The van der Waals surface area contributed by atoms with Gasteiger partial charge in [0, 0.05) is 13.0 Å². The Bertz CT molecular complexity index is 510. The molecule has 0 bridgehead atoms. The molecule has 0 saturated heterocycles. The third-order valence-electron chi connectivity index (χ3n) is 3.22. The van der Waals surface area contributed by atoms with Gasteiger partial charge in [-0.2, -0.15) is 0 Å². The van der Waals surface area contributed by atoms with E-state index in [4.69, 9.17) is 10.5 Å². The Hall–Kier alpha value is -1.88. The zero-order chi connectivity index (χ0) is 14.2. The van der Waals surface area contributed by atoms with Crippen molar-refractivity contribution in [2.45, 2.75) is 32.7 Å². The minimum atomic E-state index is 0.682. The summed E-state index contributed by atoms with van der Waals surface area (Å²) in [5.74, 6) is 0.909. The van der Waals surface area contributed by atoms with Gasteiger partial charge in [0.15, 0.2) is 0 Å². The van der Waals surface area contributed by atoms with Crippen LogP contribution in [0.15, 0.2) is 30.3 Å². The third-order valence-corrected chi connectivity index (χ3v) is 3.22. The van der Waals surface area contributed by atoms with Crippen LogP contribution in [0.1, 0.15) is 24.2 Å². The predicted molar refractivity (Wildman–Crippen MR) is 78.7 cm³/mol. The molecule has 5 nitrogen and oxygen atoms in total. The average molecular weight is 274 g/mol. The van der Waals surface area contributed by atoms with E-state index >= 15 is 0 Å². The van der Waals surface area contributed by atoms with Gasteiger partial charge in [0.1, 0.15) is 5.75 Å². The first-order valence-electron chi connectivity index (χ1n) is 7.08. The minimum Gasteiger partial charge on any atom is -0.494 e. The van der Waals surface area contributed by atoms with Gasteiger partial charge in [-0.05, 0) is 38.4 Å². The lowest BCUT2D eigenvalue weighted by atomic mass is 10.2. The Morgan fingerprint density at radius 3 is 2.75 bits per heavy atom. The number of ether oxygens (including phenoxy) is 1. The van der Waals surface area contributed by atoms with E-state index in [0.717, 1.165) is 42.9 Å². The molecular formula is C15H22N4O. The van der Waals surface area contributed by atoms with Gasteiger partial charge in [0.25, 0.3) is 0 Å². The molecule has 0 aliphatic heterocycles. The summed E-state index contributed by atoms with van der Waals surface area (Å²) >= 11 is 0. The zero-order valence-electron chi connectivity index (χ0n) is 12.0. The first kappa shape index (κ1) is 14.5. The van der Waals surface area contributed by atoms with E-state index in [1.807, 2.05) is 35.0 Å². The van der Waals surface area contributed by atoms with Crippen LogP contribution in [0.4, 0.5) is 0 Å². The molecule has 2 N–H and O–H groups in total. The van der Waals surface area contributed by atoms with E-state index in [-0.39, 0.29) is 0 Å². The molecule has 2 rings (SSSR count). The van der Waals surface area contributed by atoms with Gasteiger partial charge in [-0.25, -0.2) is 4.68 Å². The van der Waals surface area contributed by atoms with Gasteiger partial charge in [0.2, 0.25) is 0 Å². The summed E-state index contributed by atoms with van der Waals surface area (Å²) in [6.07, 6.45) is 2.77. The number of hydrogen-bond donors (Lipinski definition) is 1. The monoisotopic (exact) mass is 274 g/mol. The van der Waals surface area contributed by atoms with Crippen molar-refractivity contribution in [2.75, 3.05) is 13.2 Å². The molecule has 2 aromatic rings. The largest absolute Gasteiger partial charge is 0.494 e. The summed E-state index contributed by atoms with van der Waals surface area (Å²) < 4.78 is 7.61. The molecule has 0 saturated carbocycles. The van der Waals surface area contributed by atoms with Gasteiger partial charge < -0.3 is 10.5 Å². The first-order valence-corrected chi connectivity index (χ1v) is 7.08. The fourth-order valence-corrected chi connectivity index (χ4v) is 2.03. The van der Waals surface area contributed by atoms with Crippen LogP contribution in [-0.4, -0.2) is 28.1 Å². The molecule has 0 radical (unpaired) electrons. The van der Waals surface area contributed by atoms with Crippen LogP contribution in [0.2, 0.25) is 0 Å². The molecule has 5 heteroatoms. The molecule has 20 heavy (non-hydrogen) atoms. The lowest BCUT2D eigenvalue weighted by Crippen LogP contribution is -2.08. The smallest absolute Gasteiger partial charge is 0.119 e. The van der Waals surface area contributed by atoms with Crippen LogP contribution in [-0.2, 0) is 13.0 Å². The second-order valence-electron chi connectivity index (χ2n) is 4.75. The Labute approximate surface area is 119 Å². The molecular weight excluding hydrogens is 252 g/mol. The van der Waals surface area contributed by atoms with Crippen molar-refractivity contribution in [3.63, 3.8) is 0 Å². The van der Waals surface area contributed by atoms with Gasteiger partial charge in [0.05, 0.1) is 18.0 Å². The zero-order valence-corrected chi connectivity index (χ0v) is 12.0. The summed E-state index contributed by atoms with van der Waals surface area (Å²) in [7, 11) is 0. The number of rotatable bonds is 8. The SMILES string of the molecule is Cc1c(CCCN)nnn1CCCOc1ccccc1. The Morgan fingerprint density at radius 2 is 2.00 bits per heavy atom. The van der Waals surface area contributed by atoms with Gasteiger partial charge in [-0.3, -0.25) is 0 Å². The number of nitrogens with zero attached hydrogens (tertiary/aromatic N) is 3. The molecule has 0 aliphatic carbocycles. The maximum absolute atomic E-state index is 5.66. The summed E-state index contributed by atoms with van der Waals surface area (Å²) in [6.45, 7) is 4.26. The highest BCUT2D eigenvalue weighted by atomic mass is 16.5. The molecule has 0 atom stereocenters. The van der Waals surface area contributed by atoms with Crippen LogP contribution in [0.25, 0.3) is 0 Å². The Morgan fingerprint density at radius 1 is 1.20 bits per heavy atom. The highest BCUT2D eigenvalue weighted by molar-refractivity contribution is 5.20. The first-order chi connectivity index (χ1) is 9.81. The van der Waals surface area contributed by atoms with Crippen LogP contribution in [0.3, 0.4) is 0 Å². The molecule has 1 aromatic carbocycles. The summed E-state index contributed by atoms with van der Waals surface area (Å²) in [6, 6.07) is 9.85. The molecule has 108 valence electrons. The highest BCUT2D eigenvalue weighted by Gasteiger charge is 2.07. The second kappa shape index (κ2) is 7.65. The molecule has 0 spiro atoms. The summed E-state index contributed by atoms with van der Waals surface area (Å²) in [5, 5.41) is 8.39. The van der Waals surface area contributed by atoms with Crippen molar-refractivity contribution in [1.29, 1.82) is 0 Å². The Balaban J connectivity index is 1.75. The number of benzene rings is 1. The fourth-order valence-electron chi connectivity index (χ4n) is 2.03. The van der Waals surface area contributed by atoms with Crippen molar-refractivity contribution in [1.82, 2.24) is 15.0 Å². The number of hydrogen-bond acceptors (Lipinski definition) is 4. The van der Waals surface area contributed by atoms with Crippen molar-refractivity contribution in [3.05, 3.63) is 41.7 Å². The van der Waals surface area contributed by atoms with Gasteiger partial charge in [-0.1, -0.05) is 23.4 Å². The van der Waals surface area contributed by atoms with Crippen molar-refractivity contribution >= 4 is 0 Å². The number of aromatic nitrogens is 3. The molecule has 0 fully saturated rings. The fraction of sp³-hybridized carbons (Fsp3) is 0.467. The molecule has 0 amide bonds. The highest BCUT2D eigenvalue weighted by Crippen LogP contribution is 2.10. The number of para-hydroxylation sites is 1. The van der Waals surface area contributed by atoms with Crippen LogP contribution < -0.4 is 10.5 Å². The van der Waals surface area contributed by atoms with Crippen LogP contribution >= 0.6 is 0 Å². The maximum Gasteiger partial charge on any atom is 0.119 e. The second-order valence-corrected chi connectivity index (χ2v) is 4.75. The van der Waals surface area contributed by atoms with E-state index < -0.39 is 0 Å². The van der Waals surface area contributed by atoms with Crippen LogP contribution in [0.5, 0.6) is 5.75 Å². The van der Waals surface area contributed by atoms with Crippen molar-refractivity contribution in [2.24, 2.45) is 5.73 Å². The van der Waals surface area contributed by atoms with E-state index in [1.54, 1.807) is 0 Å². The van der Waals surface area contributed by atoms with Crippen molar-refractivity contribution < 1.29 is 4.74 Å². The number of nitrogens with two attached hydrogens (primary N) is 1. The third kappa shape index (κ3) is 4.06. The molecule has 0 aliphatic rings. The molecule has 1 aromatic heterocycles. The average Bonchev–Trinajstić information content (AvgIpc) is 2.83. The quantitative estimate of drug-likeness (QED) is 0.747. The Kier molecular flexibility index (Phi) is 5.55. The maximum atomic E-state index is 5.66. The van der Waals surface area contributed by atoms with Crippen LogP contribution in [0, 0.1) is 6.92 Å². The molecule has 1 heterocycles. The summed E-state index contributed by atoms with van der Waals surface area (Å²) in [5.41, 5.74) is 7.71. The normalized spacial score (nSPS) is 10.7. The standard InChI is InChI=1S/C15H22N4O/c1-13-15(9-5-10-16)17-18-19(13)11-6-12-20-14-7-3-2-4-8-14/h2-4,7-8H,5-6,9-12,16H2,1H3. The van der Waals surface area contributed by atoms with E-state index in [0.29, 0.717) is 13.2 Å². The van der Waals surface area contributed by atoms with E-state index in [2.05, 4.69) is 17.2 Å². The molecule has 0 unspecified atom stereocenters. The number of aryl methyl sites for hydroxylation is 2. The predicted octanol–water partition coefficient (Wildman–Crippen LogP) is 1.95. The van der Waals surface area contributed by atoms with E-state index in [1.165, 1.54) is 0 Å². The van der Waals surface area contributed by atoms with Gasteiger partial charge in [-0.15, -0.1) is 5.10 Å². The minimum absolute atomic E-state index is 0.682. The van der Waals surface area contributed by atoms with Crippen molar-refractivity contribution in [3.8, 4) is 5.75 Å². The van der Waals surface area contributed by atoms with E-state index in [9.17, 15) is 0 Å². The topological polar surface area (TPSA) is 66.0 Å². The van der Waals surface area contributed by atoms with Gasteiger partial charge >= 0.3 is 0 Å². The summed E-state index contributed by atoms with van der Waals surface area (Å²) in [4.78, 5) is 0. The lowest BCUT2D eigenvalue weighted by molar-refractivity contribution is 0.297. The lowest BCUT2D eigenvalue weighted by Gasteiger charge is -2.06.